The van der Waals surface area contributed by atoms with E-state index in [1.54, 1.807) is 13.8 Å². The van der Waals surface area contributed by atoms with Crippen molar-refractivity contribution < 1.29 is 27.9 Å². The van der Waals surface area contributed by atoms with Gasteiger partial charge in [0.1, 0.15) is 29.9 Å². The van der Waals surface area contributed by atoms with Gasteiger partial charge >= 0.3 is 0 Å². The molecule has 1 atom stereocenters. The van der Waals surface area contributed by atoms with E-state index < -0.39 is 37.2 Å². The van der Waals surface area contributed by atoms with Crippen molar-refractivity contribution in [2.75, 3.05) is 11.5 Å². The highest BCUT2D eigenvalue weighted by atomic mass is 28.4. The van der Waals surface area contributed by atoms with Crippen LogP contribution in [-0.2, 0) is 39.3 Å². The maximum absolute atomic E-state index is 14.7. The Morgan fingerprint density at radius 1 is 1.17 bits per heavy atom. The molecule has 0 bridgehead atoms. The molecule has 1 unspecified atom stereocenters. The second-order valence-electron chi connectivity index (χ2n) is 14.1. The van der Waals surface area contributed by atoms with E-state index in [0.29, 0.717) is 30.1 Å². The second kappa shape index (κ2) is 13.6. The van der Waals surface area contributed by atoms with Gasteiger partial charge in [-0.1, -0.05) is 57.2 Å². The molecule has 5 rings (SSSR count). The molecule has 1 fully saturated rings. The van der Waals surface area contributed by atoms with E-state index in [1.807, 2.05) is 30.3 Å². The average Bonchev–Trinajstić information content (AvgIpc) is 3.39. The van der Waals surface area contributed by atoms with Crippen LogP contribution in [0.4, 0.5) is 10.1 Å². The molecule has 0 spiro atoms. The molecule has 10 nitrogen and oxygen atoms in total. The van der Waals surface area contributed by atoms with Gasteiger partial charge in [-0.2, -0.15) is 0 Å². The van der Waals surface area contributed by atoms with Crippen molar-refractivity contribution >= 4 is 25.8 Å². The third-order valence-electron chi connectivity index (χ3n) is 9.18. The van der Waals surface area contributed by atoms with E-state index in [-0.39, 0.29) is 48.5 Å². The summed E-state index contributed by atoms with van der Waals surface area (Å²) < 4.78 is 34.0. The SMILES string of the molecule is CC1(C)OCCn2c1nc(C(=O)NCc1ccc(F)cc1N1C(=O)CCC1C#CO[Si](C)(C)C(C)(C)C)c(OCc1ccccc1)c2=O. The largest absolute Gasteiger partial charge is 0.500 e. The van der Waals surface area contributed by atoms with Crippen LogP contribution >= 0.6 is 0 Å². The van der Waals surface area contributed by atoms with Crippen LogP contribution in [0.1, 0.15) is 74.9 Å². The number of halogens is 1. The quantitative estimate of drug-likeness (QED) is 0.243. The summed E-state index contributed by atoms with van der Waals surface area (Å²) in [7, 11) is -2.16. The van der Waals surface area contributed by atoms with Gasteiger partial charge in [-0.3, -0.25) is 23.9 Å². The molecule has 2 amide bonds. The first kappa shape index (κ1) is 34.9. The highest BCUT2D eigenvalue weighted by Crippen LogP contribution is 2.36. The fraction of sp³-hybridized carbons (Fsp3) is 0.444. The van der Waals surface area contributed by atoms with Crippen LogP contribution in [0.5, 0.6) is 5.75 Å². The van der Waals surface area contributed by atoms with Crippen molar-refractivity contribution in [3.63, 3.8) is 0 Å². The van der Waals surface area contributed by atoms with Gasteiger partial charge in [-0.05, 0) is 67.6 Å². The Labute approximate surface area is 281 Å². The summed E-state index contributed by atoms with van der Waals surface area (Å²) >= 11 is 0. The number of nitrogens with zero attached hydrogens (tertiary/aromatic N) is 3. The number of fused-ring (bicyclic) bond motifs is 1. The molecule has 1 saturated heterocycles. The molecule has 0 radical (unpaired) electrons. The van der Waals surface area contributed by atoms with Crippen LogP contribution in [0.15, 0.2) is 53.3 Å². The lowest BCUT2D eigenvalue weighted by Crippen LogP contribution is -2.43. The average molecular weight is 675 g/mol. The molecule has 2 aromatic carbocycles. The van der Waals surface area contributed by atoms with E-state index in [2.05, 4.69) is 56.2 Å². The van der Waals surface area contributed by atoms with Crippen molar-refractivity contribution in [3.8, 4) is 17.8 Å². The molecule has 1 aromatic heterocycles. The molecule has 12 heteroatoms. The molecule has 2 aliphatic rings. The van der Waals surface area contributed by atoms with Gasteiger partial charge in [0.05, 0.1) is 24.9 Å². The Hall–Kier alpha value is -4.47. The topological polar surface area (TPSA) is 112 Å². The summed E-state index contributed by atoms with van der Waals surface area (Å²) in [5.74, 6) is 1.81. The molecule has 2 aliphatic heterocycles. The number of amides is 2. The summed E-state index contributed by atoms with van der Waals surface area (Å²) in [6.07, 6.45) is 3.55. The molecule has 0 aliphatic carbocycles. The van der Waals surface area contributed by atoms with Gasteiger partial charge in [-0.15, -0.1) is 0 Å². The van der Waals surface area contributed by atoms with Crippen molar-refractivity contribution in [3.05, 3.63) is 87.3 Å². The second-order valence-corrected chi connectivity index (χ2v) is 18.8. The van der Waals surface area contributed by atoms with Crippen LogP contribution in [0.3, 0.4) is 0 Å². The monoisotopic (exact) mass is 674 g/mol. The normalized spacial score (nSPS) is 17.3. The number of rotatable bonds is 8. The predicted molar refractivity (Wildman–Crippen MR) is 182 cm³/mol. The van der Waals surface area contributed by atoms with Crippen molar-refractivity contribution in [1.29, 1.82) is 0 Å². The molecule has 254 valence electrons. The van der Waals surface area contributed by atoms with Crippen LogP contribution in [-0.4, -0.2) is 42.3 Å². The fourth-order valence-corrected chi connectivity index (χ4v) is 5.97. The molecular weight excluding hydrogens is 632 g/mol. The van der Waals surface area contributed by atoms with Crippen LogP contribution in [0.2, 0.25) is 18.1 Å². The summed E-state index contributed by atoms with van der Waals surface area (Å²) in [5.41, 5.74) is 0.0141. The molecule has 3 aromatic rings. The molecule has 1 N–H and O–H groups in total. The first-order chi connectivity index (χ1) is 22.6. The van der Waals surface area contributed by atoms with Gasteiger partial charge < -0.3 is 19.2 Å². The lowest BCUT2D eigenvalue weighted by molar-refractivity contribution is -0.117. The van der Waals surface area contributed by atoms with Crippen LogP contribution in [0, 0.1) is 17.8 Å². The standard InChI is InChI=1S/C36H43FN4O6Si/c1-35(2,3)48(6,7)47-19-17-27-15-16-29(42)41(27)28-21-26(37)14-13-25(28)22-38-32(43)30-31(45-23-24-11-9-8-10-12-24)33(44)40-18-20-46-36(4,5)34(40)39-30/h8-14,21,27H,15-16,18,20,22-23H2,1-7H3,(H,38,43). The Morgan fingerprint density at radius 2 is 1.90 bits per heavy atom. The highest BCUT2D eigenvalue weighted by molar-refractivity contribution is 6.74. The van der Waals surface area contributed by atoms with Crippen LogP contribution in [0.25, 0.3) is 0 Å². The number of aromatic nitrogens is 2. The number of nitrogens with one attached hydrogen (secondary N) is 1. The zero-order valence-electron chi connectivity index (χ0n) is 28.6. The van der Waals surface area contributed by atoms with Crippen molar-refractivity contribution in [2.45, 2.75) is 96.9 Å². The number of ether oxygens (including phenoxy) is 2. The summed E-state index contributed by atoms with van der Waals surface area (Å²) in [5, 5.41) is 2.77. The molecular formula is C36H43FN4O6Si. The Kier molecular flexibility index (Phi) is 9.85. The molecule has 48 heavy (non-hydrogen) atoms. The van der Waals surface area contributed by atoms with E-state index in [9.17, 15) is 18.8 Å². The molecule has 3 heterocycles. The fourth-order valence-electron chi connectivity index (χ4n) is 5.35. The first-order valence-electron chi connectivity index (χ1n) is 16.1. The van der Waals surface area contributed by atoms with Gasteiger partial charge in [0.25, 0.3) is 19.8 Å². The van der Waals surface area contributed by atoms with Crippen molar-refractivity contribution in [2.24, 2.45) is 0 Å². The van der Waals surface area contributed by atoms with Crippen molar-refractivity contribution in [1.82, 2.24) is 14.9 Å². The lowest BCUT2D eigenvalue weighted by Gasteiger charge is -2.33. The van der Waals surface area contributed by atoms with E-state index in [1.165, 1.54) is 27.7 Å². The van der Waals surface area contributed by atoms with Gasteiger partial charge in [0, 0.05) is 13.0 Å². The minimum Gasteiger partial charge on any atom is -0.500 e. The summed E-state index contributed by atoms with van der Waals surface area (Å²) in [4.78, 5) is 46.8. The summed E-state index contributed by atoms with van der Waals surface area (Å²) in [6, 6.07) is 12.8. The maximum Gasteiger partial charge on any atom is 0.296 e. The molecule has 0 saturated carbocycles. The van der Waals surface area contributed by atoms with E-state index in [4.69, 9.17) is 13.9 Å². The smallest absolute Gasteiger partial charge is 0.296 e. The number of hydrogen-bond acceptors (Lipinski definition) is 7. The highest BCUT2D eigenvalue weighted by Gasteiger charge is 2.39. The van der Waals surface area contributed by atoms with Gasteiger partial charge in [-0.25, -0.2) is 9.37 Å². The number of benzene rings is 2. The number of anilines is 1. The number of carbonyl (C=O) groups excluding carboxylic acids is 2. The predicted octanol–water partition coefficient (Wildman–Crippen LogP) is 5.63. The zero-order valence-corrected chi connectivity index (χ0v) is 29.6. The van der Waals surface area contributed by atoms with Crippen LogP contribution < -0.4 is 20.5 Å². The minimum atomic E-state index is -2.16. The minimum absolute atomic E-state index is 0.0471. The Bertz CT molecular complexity index is 1820. The number of carbonyl (C=O) groups is 2. The number of hydrogen-bond donors (Lipinski definition) is 1. The first-order valence-corrected chi connectivity index (χ1v) is 19.0. The summed E-state index contributed by atoms with van der Waals surface area (Å²) in [6.45, 7) is 14.6. The van der Waals surface area contributed by atoms with Gasteiger partial charge in [0.2, 0.25) is 11.7 Å². The third kappa shape index (κ3) is 7.32. The Balaban J connectivity index is 1.43. The zero-order chi connectivity index (χ0) is 34.9. The van der Waals surface area contributed by atoms with E-state index >= 15 is 0 Å². The van der Waals surface area contributed by atoms with Gasteiger partial charge in [0.15, 0.2) is 5.69 Å². The Morgan fingerprint density at radius 3 is 2.60 bits per heavy atom. The maximum atomic E-state index is 14.7. The van der Waals surface area contributed by atoms with E-state index in [0.717, 1.165) is 5.56 Å². The third-order valence-corrected chi connectivity index (χ3v) is 13.4. The lowest BCUT2D eigenvalue weighted by atomic mass is 10.1.